The first-order valence-electron chi connectivity index (χ1n) is 5.97. The molecule has 0 unspecified atom stereocenters. The van der Waals surface area contributed by atoms with E-state index in [1.807, 2.05) is 6.92 Å². The summed E-state index contributed by atoms with van der Waals surface area (Å²) < 4.78 is 24.8. The van der Waals surface area contributed by atoms with Crippen molar-refractivity contribution in [2.24, 2.45) is 0 Å². The minimum Gasteiger partial charge on any atom is -0.230 e. The second kappa shape index (κ2) is 4.95. The zero-order valence-electron chi connectivity index (χ0n) is 10.3. The van der Waals surface area contributed by atoms with Gasteiger partial charge in [0.15, 0.2) is 0 Å². The molecule has 0 amide bonds. The summed E-state index contributed by atoms with van der Waals surface area (Å²) in [6.07, 6.45) is 3.45. The fraction of sp³-hybridized carbons (Fsp3) is 0.357. The van der Waals surface area contributed by atoms with Crippen LogP contribution in [0, 0.1) is 13.5 Å². The molecule has 0 aromatic heterocycles. The molecule has 1 aliphatic rings. The van der Waals surface area contributed by atoms with Crippen molar-refractivity contribution in [3.8, 4) is 0 Å². The number of hydrogen-bond acceptors (Lipinski definition) is 2. The first-order chi connectivity index (χ1) is 8.55. The van der Waals surface area contributed by atoms with Gasteiger partial charge in [-0.05, 0) is 31.9 Å². The maximum absolute atomic E-state index is 12.4. The third kappa shape index (κ3) is 2.32. The summed E-state index contributed by atoms with van der Waals surface area (Å²) in [6, 6.07) is 6.66. The average molecular weight is 261 g/mol. The molecule has 0 saturated heterocycles. The van der Waals surface area contributed by atoms with Crippen molar-refractivity contribution in [3.05, 3.63) is 51.8 Å². The average Bonchev–Trinajstić information content (AvgIpc) is 2.84. The van der Waals surface area contributed by atoms with E-state index in [1.165, 1.54) is 0 Å². The van der Waals surface area contributed by atoms with Crippen LogP contribution in [0.3, 0.4) is 0 Å². The standard InChI is InChI=1S/C14H15NO2S/c1-11-7-9-13(10-8-11)18(16,17)14(15-2)12-5-3-4-6-12/h7-10H,3-6H2,1H3. The van der Waals surface area contributed by atoms with Crippen molar-refractivity contribution in [1.29, 1.82) is 0 Å². The van der Waals surface area contributed by atoms with Crippen LogP contribution in [0.25, 0.3) is 4.85 Å². The van der Waals surface area contributed by atoms with Gasteiger partial charge in [0, 0.05) is 0 Å². The van der Waals surface area contributed by atoms with E-state index in [-0.39, 0.29) is 9.92 Å². The quantitative estimate of drug-likeness (QED) is 0.764. The molecule has 0 bridgehead atoms. The lowest BCUT2D eigenvalue weighted by atomic mass is 10.2. The summed E-state index contributed by atoms with van der Waals surface area (Å²) in [6.45, 7) is 9.06. The number of benzene rings is 1. The summed E-state index contributed by atoms with van der Waals surface area (Å²) in [5.74, 6) is 0. The van der Waals surface area contributed by atoms with Crippen LogP contribution in [0.15, 0.2) is 39.8 Å². The van der Waals surface area contributed by atoms with E-state index in [2.05, 4.69) is 4.85 Å². The highest BCUT2D eigenvalue weighted by Crippen LogP contribution is 2.32. The smallest absolute Gasteiger partial charge is 0.230 e. The van der Waals surface area contributed by atoms with E-state index < -0.39 is 9.84 Å². The van der Waals surface area contributed by atoms with E-state index in [9.17, 15) is 8.42 Å². The van der Waals surface area contributed by atoms with Crippen molar-refractivity contribution < 1.29 is 8.42 Å². The molecule has 1 aliphatic carbocycles. The maximum atomic E-state index is 12.4. The molecule has 1 aromatic rings. The molecule has 94 valence electrons. The molecule has 1 saturated carbocycles. The minimum absolute atomic E-state index is 0.0520. The van der Waals surface area contributed by atoms with E-state index in [0.29, 0.717) is 0 Å². The number of rotatable bonds is 2. The Hall–Kier alpha value is -1.60. The molecule has 1 aromatic carbocycles. The lowest BCUT2D eigenvalue weighted by molar-refractivity contribution is 0.602. The van der Waals surface area contributed by atoms with Gasteiger partial charge in [-0.15, -0.1) is 0 Å². The molecule has 0 N–H and O–H groups in total. The van der Waals surface area contributed by atoms with Crippen LogP contribution in [0.1, 0.15) is 31.2 Å². The van der Waals surface area contributed by atoms with Crippen molar-refractivity contribution in [2.45, 2.75) is 37.5 Å². The Bertz CT molecular complexity index is 611. The van der Waals surface area contributed by atoms with Crippen LogP contribution in [0.5, 0.6) is 0 Å². The predicted molar refractivity (Wildman–Crippen MR) is 70.5 cm³/mol. The highest BCUT2D eigenvalue weighted by molar-refractivity contribution is 7.95. The SMILES string of the molecule is [C-]#[N+]C(=C1CCCC1)S(=O)(=O)c1ccc(C)cc1. The van der Waals surface area contributed by atoms with Gasteiger partial charge in [-0.25, -0.2) is 13.3 Å². The molecular weight excluding hydrogens is 246 g/mol. The summed E-state index contributed by atoms with van der Waals surface area (Å²) in [7, 11) is -3.63. The molecule has 1 fully saturated rings. The topological polar surface area (TPSA) is 38.5 Å². The highest BCUT2D eigenvalue weighted by atomic mass is 32.2. The predicted octanol–water partition coefficient (Wildman–Crippen LogP) is 3.47. The minimum atomic E-state index is -3.63. The van der Waals surface area contributed by atoms with E-state index in [4.69, 9.17) is 6.57 Å². The van der Waals surface area contributed by atoms with Crippen molar-refractivity contribution in [1.82, 2.24) is 0 Å². The molecule has 0 radical (unpaired) electrons. The van der Waals surface area contributed by atoms with Crippen LogP contribution in [-0.4, -0.2) is 8.42 Å². The van der Waals surface area contributed by atoms with Gasteiger partial charge in [-0.3, -0.25) is 0 Å². The van der Waals surface area contributed by atoms with E-state index >= 15 is 0 Å². The van der Waals surface area contributed by atoms with Crippen LogP contribution in [0.2, 0.25) is 0 Å². The zero-order valence-corrected chi connectivity index (χ0v) is 11.1. The largest absolute Gasteiger partial charge is 0.282 e. The molecule has 2 rings (SSSR count). The Morgan fingerprint density at radius 3 is 2.22 bits per heavy atom. The molecule has 3 nitrogen and oxygen atoms in total. The summed E-state index contributed by atoms with van der Waals surface area (Å²) >= 11 is 0. The normalized spacial score (nSPS) is 15.4. The van der Waals surface area contributed by atoms with Crippen LogP contribution >= 0.6 is 0 Å². The van der Waals surface area contributed by atoms with Gasteiger partial charge in [0.05, 0.1) is 11.5 Å². The second-order valence-electron chi connectivity index (χ2n) is 4.54. The van der Waals surface area contributed by atoms with Crippen LogP contribution < -0.4 is 0 Å². The van der Waals surface area contributed by atoms with Gasteiger partial charge < -0.3 is 0 Å². The third-order valence-corrected chi connectivity index (χ3v) is 4.98. The van der Waals surface area contributed by atoms with Gasteiger partial charge in [0.2, 0.25) is 9.84 Å². The van der Waals surface area contributed by atoms with Crippen LogP contribution in [0.4, 0.5) is 0 Å². The third-order valence-electron chi connectivity index (χ3n) is 3.20. The fourth-order valence-electron chi connectivity index (χ4n) is 2.17. The van der Waals surface area contributed by atoms with Gasteiger partial charge in [-0.2, -0.15) is 0 Å². The Morgan fingerprint density at radius 2 is 1.72 bits per heavy atom. The summed E-state index contributed by atoms with van der Waals surface area (Å²) in [5, 5.41) is -0.0520. The summed E-state index contributed by atoms with van der Waals surface area (Å²) in [5.41, 5.74) is 1.80. The number of nitrogens with zero attached hydrogens (tertiary/aromatic N) is 1. The Balaban J connectivity index is 2.51. The molecule has 4 heteroatoms. The van der Waals surface area contributed by atoms with Gasteiger partial charge >= 0.3 is 0 Å². The van der Waals surface area contributed by atoms with Gasteiger partial charge in [-0.1, -0.05) is 36.1 Å². The first-order valence-corrected chi connectivity index (χ1v) is 7.45. The lowest BCUT2D eigenvalue weighted by Gasteiger charge is -2.06. The molecule has 0 heterocycles. The molecule has 18 heavy (non-hydrogen) atoms. The summed E-state index contributed by atoms with van der Waals surface area (Å²) in [4.78, 5) is 3.50. The van der Waals surface area contributed by atoms with E-state index in [1.54, 1.807) is 24.3 Å². The van der Waals surface area contributed by atoms with Crippen molar-refractivity contribution in [3.63, 3.8) is 0 Å². The first kappa shape index (κ1) is 12.8. The van der Waals surface area contributed by atoms with Crippen LogP contribution in [-0.2, 0) is 9.84 Å². The van der Waals surface area contributed by atoms with Crippen molar-refractivity contribution >= 4 is 9.84 Å². The number of hydrogen-bond donors (Lipinski definition) is 0. The Kier molecular flexibility index (Phi) is 3.53. The maximum Gasteiger partial charge on any atom is 0.282 e. The van der Waals surface area contributed by atoms with Gasteiger partial charge in [0.1, 0.15) is 0 Å². The van der Waals surface area contributed by atoms with Gasteiger partial charge in [0.25, 0.3) is 5.03 Å². The Morgan fingerprint density at radius 1 is 1.17 bits per heavy atom. The Labute approximate surface area is 108 Å². The molecular formula is C14H15NO2S. The zero-order chi connectivity index (χ0) is 13.2. The number of sulfone groups is 1. The number of allylic oxidation sites excluding steroid dienone is 1. The molecule has 0 aliphatic heterocycles. The lowest BCUT2D eigenvalue weighted by Crippen LogP contribution is -2.04. The fourth-order valence-corrected chi connectivity index (χ4v) is 3.60. The number of aryl methyl sites for hydroxylation is 1. The molecule has 0 atom stereocenters. The van der Waals surface area contributed by atoms with Crippen molar-refractivity contribution in [2.75, 3.05) is 0 Å². The molecule has 0 spiro atoms. The van der Waals surface area contributed by atoms with E-state index in [0.717, 1.165) is 36.8 Å². The second-order valence-corrected chi connectivity index (χ2v) is 6.41. The monoisotopic (exact) mass is 261 g/mol. The highest BCUT2D eigenvalue weighted by Gasteiger charge is 2.26.